The molecule has 0 radical (unpaired) electrons. The highest BCUT2D eigenvalue weighted by molar-refractivity contribution is 7.12. The van der Waals surface area contributed by atoms with E-state index in [1.807, 2.05) is 29.5 Å². The molecule has 1 aromatic heterocycles. The van der Waals surface area contributed by atoms with Crippen LogP contribution in [0.15, 0.2) is 54.6 Å². The molecule has 1 N–H and O–H groups in total. The summed E-state index contributed by atoms with van der Waals surface area (Å²) in [6.45, 7) is 7.90. The summed E-state index contributed by atoms with van der Waals surface area (Å²) in [5, 5.41) is 3.16. The number of anilines is 1. The summed E-state index contributed by atoms with van der Waals surface area (Å²) in [7, 11) is 0. The van der Waals surface area contributed by atoms with E-state index in [1.54, 1.807) is 0 Å². The van der Waals surface area contributed by atoms with Gasteiger partial charge in [-0.15, -0.1) is 11.3 Å². The lowest BCUT2D eigenvalue weighted by atomic mass is 9.91. The Balaban J connectivity index is 1.62. The molecule has 0 saturated carbocycles. The second-order valence-corrected chi connectivity index (χ2v) is 9.18. The van der Waals surface area contributed by atoms with E-state index in [-0.39, 0.29) is 11.9 Å². The van der Waals surface area contributed by atoms with Crippen molar-refractivity contribution < 1.29 is 4.79 Å². The smallest absolute Gasteiger partial charge is 0.238 e. The Hall–Kier alpha value is -2.43. The summed E-state index contributed by atoms with van der Waals surface area (Å²) in [5.74, 6) is 0.0595. The van der Waals surface area contributed by atoms with E-state index >= 15 is 0 Å². The third-order valence-corrected chi connectivity index (χ3v) is 7.34. The van der Waals surface area contributed by atoms with Gasteiger partial charge in [-0.3, -0.25) is 9.69 Å². The van der Waals surface area contributed by atoms with Crippen molar-refractivity contribution in [3.05, 3.63) is 86.6 Å². The number of carbonyl (C=O) groups is 1. The van der Waals surface area contributed by atoms with Crippen LogP contribution in [-0.4, -0.2) is 23.9 Å². The zero-order chi connectivity index (χ0) is 21.1. The van der Waals surface area contributed by atoms with Gasteiger partial charge in [-0.25, -0.2) is 0 Å². The van der Waals surface area contributed by atoms with Gasteiger partial charge in [0.1, 0.15) is 0 Å². The molecule has 0 unspecified atom stereocenters. The number of para-hydroxylation sites is 1. The first-order valence-corrected chi connectivity index (χ1v) is 11.7. The van der Waals surface area contributed by atoms with Crippen LogP contribution in [-0.2, 0) is 24.1 Å². The Morgan fingerprint density at radius 1 is 1.07 bits per heavy atom. The second kappa shape index (κ2) is 9.15. The first-order valence-electron chi connectivity index (χ1n) is 10.9. The van der Waals surface area contributed by atoms with Crippen LogP contribution in [0.4, 0.5) is 5.69 Å². The molecule has 0 spiro atoms. The number of rotatable bonds is 6. The number of nitrogens with one attached hydrogen (secondary N) is 1. The van der Waals surface area contributed by atoms with Gasteiger partial charge in [0.15, 0.2) is 0 Å². The van der Waals surface area contributed by atoms with Crippen LogP contribution in [0.1, 0.15) is 51.9 Å². The standard InChI is InChI=1S/C26H30N2OS/c1-4-19-11-9-10-14-23(19)27-24(29)17-28-16-15-22-21(5-2)18(3)30-26(22)25(28)20-12-7-6-8-13-20/h6-14,25H,4-5,15-17H2,1-3H3,(H,27,29)/t25-/m1/s1. The number of benzene rings is 2. The SMILES string of the molecule is CCc1ccccc1NC(=O)CN1CCc2c(sc(C)c2CC)[C@H]1c1ccccc1. The number of amides is 1. The van der Waals surface area contributed by atoms with Crippen LogP contribution in [0, 0.1) is 6.92 Å². The summed E-state index contributed by atoms with van der Waals surface area (Å²) in [5.41, 5.74) is 6.40. The van der Waals surface area contributed by atoms with E-state index in [4.69, 9.17) is 0 Å². The average Bonchev–Trinajstić information content (AvgIpc) is 3.09. The fraction of sp³-hybridized carbons (Fsp3) is 0.346. The lowest BCUT2D eigenvalue weighted by Crippen LogP contribution is -2.40. The van der Waals surface area contributed by atoms with Gasteiger partial charge in [-0.1, -0.05) is 62.4 Å². The molecule has 2 heterocycles. The Morgan fingerprint density at radius 2 is 1.80 bits per heavy atom. The number of carbonyl (C=O) groups excluding carboxylic acids is 1. The number of aryl methyl sites for hydroxylation is 2. The quantitative estimate of drug-likeness (QED) is 0.551. The highest BCUT2D eigenvalue weighted by Gasteiger charge is 2.33. The van der Waals surface area contributed by atoms with Gasteiger partial charge in [0, 0.05) is 22.0 Å². The van der Waals surface area contributed by atoms with Crippen LogP contribution in [0.25, 0.3) is 0 Å². The molecule has 30 heavy (non-hydrogen) atoms. The highest BCUT2D eigenvalue weighted by atomic mass is 32.1. The molecule has 0 bridgehead atoms. The molecule has 3 aromatic rings. The van der Waals surface area contributed by atoms with E-state index in [0.717, 1.165) is 31.5 Å². The van der Waals surface area contributed by atoms with E-state index < -0.39 is 0 Å². The highest BCUT2D eigenvalue weighted by Crippen LogP contribution is 2.42. The summed E-state index contributed by atoms with van der Waals surface area (Å²) in [4.78, 5) is 18.2. The molecule has 156 valence electrons. The molecular formula is C26H30N2OS. The van der Waals surface area contributed by atoms with E-state index in [1.165, 1.54) is 32.0 Å². The Labute approximate surface area is 183 Å². The number of nitrogens with zero attached hydrogens (tertiary/aromatic N) is 1. The van der Waals surface area contributed by atoms with E-state index in [9.17, 15) is 4.79 Å². The maximum atomic E-state index is 13.0. The van der Waals surface area contributed by atoms with Crippen molar-refractivity contribution in [1.82, 2.24) is 4.90 Å². The normalized spacial score (nSPS) is 16.3. The Morgan fingerprint density at radius 3 is 2.53 bits per heavy atom. The first-order chi connectivity index (χ1) is 14.6. The second-order valence-electron chi connectivity index (χ2n) is 7.93. The first kappa shape index (κ1) is 20.8. The predicted octanol–water partition coefficient (Wildman–Crippen LogP) is 5.77. The maximum Gasteiger partial charge on any atom is 0.238 e. The average molecular weight is 419 g/mol. The van der Waals surface area contributed by atoms with Crippen LogP contribution in [0.5, 0.6) is 0 Å². The molecule has 0 aliphatic carbocycles. The van der Waals surface area contributed by atoms with Gasteiger partial charge in [0.05, 0.1) is 12.6 Å². The van der Waals surface area contributed by atoms with Crippen molar-refractivity contribution in [3.63, 3.8) is 0 Å². The largest absolute Gasteiger partial charge is 0.325 e. The molecule has 3 nitrogen and oxygen atoms in total. The molecule has 1 aliphatic heterocycles. The van der Waals surface area contributed by atoms with Crippen LogP contribution < -0.4 is 5.32 Å². The molecule has 1 aliphatic rings. The van der Waals surface area contributed by atoms with Crippen molar-refractivity contribution >= 4 is 22.9 Å². The van der Waals surface area contributed by atoms with E-state index in [2.05, 4.69) is 67.4 Å². The summed E-state index contributed by atoms with van der Waals surface area (Å²) in [6, 6.07) is 18.9. The van der Waals surface area contributed by atoms with Crippen molar-refractivity contribution in [2.45, 2.75) is 46.1 Å². The van der Waals surface area contributed by atoms with Gasteiger partial charge in [-0.05, 0) is 54.5 Å². The fourth-order valence-corrected chi connectivity index (χ4v) is 6.12. The number of thiophene rings is 1. The molecule has 4 heteroatoms. The van der Waals surface area contributed by atoms with Gasteiger partial charge in [-0.2, -0.15) is 0 Å². The van der Waals surface area contributed by atoms with Crippen LogP contribution in [0.2, 0.25) is 0 Å². The van der Waals surface area contributed by atoms with Gasteiger partial charge in [0.25, 0.3) is 0 Å². The minimum Gasteiger partial charge on any atom is -0.325 e. The van der Waals surface area contributed by atoms with Crippen molar-refractivity contribution in [2.75, 3.05) is 18.4 Å². The predicted molar refractivity (Wildman–Crippen MR) is 126 cm³/mol. The molecule has 0 fully saturated rings. The van der Waals surface area contributed by atoms with E-state index in [0.29, 0.717) is 6.54 Å². The lowest BCUT2D eigenvalue weighted by molar-refractivity contribution is -0.117. The Kier molecular flexibility index (Phi) is 6.35. The minimum absolute atomic E-state index is 0.0595. The molecular weight excluding hydrogens is 388 g/mol. The van der Waals surface area contributed by atoms with Crippen molar-refractivity contribution in [3.8, 4) is 0 Å². The van der Waals surface area contributed by atoms with Gasteiger partial charge >= 0.3 is 0 Å². The molecule has 1 amide bonds. The van der Waals surface area contributed by atoms with Crippen LogP contribution >= 0.6 is 11.3 Å². The fourth-order valence-electron chi connectivity index (χ4n) is 4.65. The monoisotopic (exact) mass is 418 g/mol. The van der Waals surface area contributed by atoms with Crippen molar-refractivity contribution in [1.29, 1.82) is 0 Å². The Bertz CT molecular complexity index is 1020. The third kappa shape index (κ3) is 4.07. The number of fused-ring (bicyclic) bond motifs is 1. The number of hydrogen-bond acceptors (Lipinski definition) is 3. The van der Waals surface area contributed by atoms with Gasteiger partial charge < -0.3 is 5.32 Å². The third-order valence-electron chi connectivity index (χ3n) is 6.10. The topological polar surface area (TPSA) is 32.3 Å². The number of hydrogen-bond donors (Lipinski definition) is 1. The zero-order valence-electron chi connectivity index (χ0n) is 18.1. The molecule has 4 rings (SSSR count). The maximum absolute atomic E-state index is 13.0. The zero-order valence-corrected chi connectivity index (χ0v) is 18.9. The molecule has 1 atom stereocenters. The molecule has 0 saturated heterocycles. The summed E-state index contributed by atoms with van der Waals surface area (Å²) >= 11 is 1.91. The summed E-state index contributed by atoms with van der Waals surface area (Å²) in [6.07, 6.45) is 3.00. The molecule has 2 aromatic carbocycles. The minimum atomic E-state index is 0.0595. The van der Waals surface area contributed by atoms with Gasteiger partial charge in [0.2, 0.25) is 5.91 Å². The van der Waals surface area contributed by atoms with Crippen LogP contribution in [0.3, 0.4) is 0 Å². The lowest BCUT2D eigenvalue weighted by Gasteiger charge is -2.36. The summed E-state index contributed by atoms with van der Waals surface area (Å²) < 4.78 is 0. The van der Waals surface area contributed by atoms with Crippen molar-refractivity contribution in [2.24, 2.45) is 0 Å².